The minimum Gasteiger partial charge on any atom is -0.493 e. The molecule has 1 aliphatic rings. The number of halogens is 1. The molecule has 1 aromatic carbocycles. The van der Waals surface area contributed by atoms with Crippen molar-refractivity contribution in [3.05, 3.63) is 53.4 Å². The average molecular weight is 372 g/mol. The summed E-state index contributed by atoms with van der Waals surface area (Å²) in [5.41, 5.74) is 2.12. The highest BCUT2D eigenvalue weighted by Crippen LogP contribution is 2.27. The number of hydrogen-bond acceptors (Lipinski definition) is 5. The predicted molar refractivity (Wildman–Crippen MR) is 104 cm³/mol. The van der Waals surface area contributed by atoms with Crippen LogP contribution in [0.2, 0.25) is 5.02 Å². The van der Waals surface area contributed by atoms with Crippen molar-refractivity contribution in [1.29, 1.82) is 0 Å². The Balaban J connectivity index is 1.36. The summed E-state index contributed by atoms with van der Waals surface area (Å²) in [6.07, 6.45) is 4.63. The van der Waals surface area contributed by atoms with E-state index in [1.54, 1.807) is 7.11 Å². The summed E-state index contributed by atoms with van der Waals surface area (Å²) in [7, 11) is 1.69. The molecular weight excluding hydrogens is 350 g/mol. The summed E-state index contributed by atoms with van der Waals surface area (Å²) in [5.74, 6) is 1.77. The van der Waals surface area contributed by atoms with Crippen LogP contribution in [0.1, 0.15) is 5.56 Å². The number of pyridine rings is 1. The second-order valence-corrected chi connectivity index (χ2v) is 6.95. The minimum absolute atomic E-state index is 0.748. The van der Waals surface area contributed by atoms with Gasteiger partial charge >= 0.3 is 0 Å². The molecule has 3 aromatic rings. The Labute approximate surface area is 158 Å². The van der Waals surface area contributed by atoms with Gasteiger partial charge in [-0.25, -0.2) is 4.98 Å². The first kappa shape index (κ1) is 17.2. The number of benzene rings is 1. The van der Waals surface area contributed by atoms with Crippen LogP contribution < -0.4 is 9.64 Å². The maximum absolute atomic E-state index is 6.12. The highest BCUT2D eigenvalue weighted by molar-refractivity contribution is 6.31. The van der Waals surface area contributed by atoms with E-state index in [0.29, 0.717) is 0 Å². The molecule has 0 saturated carbocycles. The van der Waals surface area contributed by atoms with Gasteiger partial charge in [-0.2, -0.15) is 0 Å². The number of nitrogens with zero attached hydrogens (tertiary/aromatic N) is 3. The third kappa shape index (κ3) is 3.50. The summed E-state index contributed by atoms with van der Waals surface area (Å²) in [5, 5.41) is 1.87. The van der Waals surface area contributed by atoms with Gasteiger partial charge in [-0.15, -0.1) is 0 Å². The van der Waals surface area contributed by atoms with E-state index in [-0.39, 0.29) is 0 Å². The number of hydrogen-bond donors (Lipinski definition) is 0. The van der Waals surface area contributed by atoms with E-state index >= 15 is 0 Å². The molecule has 1 saturated heterocycles. The van der Waals surface area contributed by atoms with E-state index in [9.17, 15) is 0 Å². The van der Waals surface area contributed by atoms with Crippen LogP contribution in [-0.4, -0.2) is 49.7 Å². The van der Waals surface area contributed by atoms with Gasteiger partial charge in [0.25, 0.3) is 0 Å². The summed E-state index contributed by atoms with van der Waals surface area (Å²) in [4.78, 5) is 9.26. The molecule has 0 aliphatic carbocycles. The maximum atomic E-state index is 6.12. The van der Waals surface area contributed by atoms with Crippen LogP contribution in [0.3, 0.4) is 0 Å². The van der Waals surface area contributed by atoms with E-state index in [0.717, 1.165) is 66.7 Å². The van der Waals surface area contributed by atoms with Crippen LogP contribution in [0.4, 0.5) is 5.82 Å². The predicted octanol–water partition coefficient (Wildman–Crippen LogP) is 3.85. The molecule has 0 spiro atoms. The lowest BCUT2D eigenvalue weighted by Crippen LogP contribution is -2.47. The second kappa shape index (κ2) is 7.56. The molecule has 0 atom stereocenters. The van der Waals surface area contributed by atoms with Crippen LogP contribution >= 0.6 is 11.6 Å². The van der Waals surface area contributed by atoms with E-state index in [1.807, 2.05) is 42.8 Å². The first-order valence-corrected chi connectivity index (χ1v) is 9.24. The third-order valence-electron chi connectivity index (χ3n) is 4.96. The largest absolute Gasteiger partial charge is 0.493 e. The number of anilines is 1. The van der Waals surface area contributed by atoms with E-state index in [1.165, 1.54) is 5.56 Å². The molecule has 5 nitrogen and oxygen atoms in total. The van der Waals surface area contributed by atoms with Crippen molar-refractivity contribution in [3.63, 3.8) is 0 Å². The lowest BCUT2D eigenvalue weighted by molar-refractivity contribution is 0.259. The first-order chi connectivity index (χ1) is 12.7. The summed E-state index contributed by atoms with van der Waals surface area (Å²) in [6.45, 7) is 4.93. The van der Waals surface area contributed by atoms with Crippen molar-refractivity contribution in [3.8, 4) is 5.75 Å². The van der Waals surface area contributed by atoms with Crippen LogP contribution in [0.5, 0.6) is 5.75 Å². The molecule has 0 bridgehead atoms. The normalized spacial score (nSPS) is 15.5. The highest BCUT2D eigenvalue weighted by atomic mass is 35.5. The zero-order valence-electron chi connectivity index (χ0n) is 14.8. The Morgan fingerprint density at radius 3 is 2.85 bits per heavy atom. The number of furan rings is 1. The van der Waals surface area contributed by atoms with Crippen molar-refractivity contribution in [2.24, 2.45) is 0 Å². The monoisotopic (exact) mass is 371 g/mol. The van der Waals surface area contributed by atoms with Gasteiger partial charge in [0.1, 0.15) is 5.58 Å². The molecule has 6 heteroatoms. The maximum Gasteiger partial charge on any atom is 0.171 e. The van der Waals surface area contributed by atoms with Gasteiger partial charge in [0.2, 0.25) is 0 Å². The quantitative estimate of drug-likeness (QED) is 0.681. The molecule has 0 N–H and O–H groups in total. The van der Waals surface area contributed by atoms with E-state index in [2.05, 4.69) is 14.8 Å². The number of ether oxygens (including phenoxy) is 1. The summed E-state index contributed by atoms with van der Waals surface area (Å²) in [6, 6.07) is 9.65. The fraction of sp³-hybridized carbons (Fsp3) is 0.350. The van der Waals surface area contributed by atoms with Crippen molar-refractivity contribution >= 4 is 28.4 Å². The number of piperazine rings is 1. The lowest BCUT2D eigenvalue weighted by atomic mass is 10.1. The number of rotatable bonds is 5. The van der Waals surface area contributed by atoms with Gasteiger partial charge in [0.05, 0.1) is 13.4 Å². The molecule has 0 amide bonds. The van der Waals surface area contributed by atoms with Crippen molar-refractivity contribution in [2.75, 3.05) is 44.7 Å². The number of fused-ring (bicyclic) bond motifs is 1. The van der Waals surface area contributed by atoms with Gasteiger partial charge < -0.3 is 14.1 Å². The van der Waals surface area contributed by atoms with Crippen LogP contribution in [0.15, 0.2) is 47.2 Å². The SMILES string of the molecule is COc1cccnc1N1CCN(CCc2coc3ccc(Cl)cc23)CC1. The zero-order valence-corrected chi connectivity index (χ0v) is 15.6. The third-order valence-corrected chi connectivity index (χ3v) is 5.19. The zero-order chi connectivity index (χ0) is 17.9. The summed E-state index contributed by atoms with van der Waals surface area (Å²) < 4.78 is 11.1. The molecular formula is C20H22ClN3O2. The molecule has 26 heavy (non-hydrogen) atoms. The van der Waals surface area contributed by atoms with Crippen molar-refractivity contribution in [2.45, 2.75) is 6.42 Å². The Morgan fingerprint density at radius 1 is 1.19 bits per heavy atom. The van der Waals surface area contributed by atoms with E-state index < -0.39 is 0 Å². The molecule has 1 fully saturated rings. The molecule has 3 heterocycles. The van der Waals surface area contributed by atoms with Crippen LogP contribution in [0.25, 0.3) is 11.0 Å². The standard InChI is InChI=1S/C20H22ClN3O2/c1-25-19-3-2-7-22-20(19)24-11-9-23(10-12-24)8-6-15-14-26-18-5-4-16(21)13-17(15)18/h2-5,7,13-14H,6,8-12H2,1H3. The van der Waals surface area contributed by atoms with Crippen LogP contribution in [-0.2, 0) is 6.42 Å². The van der Waals surface area contributed by atoms with E-state index in [4.69, 9.17) is 20.8 Å². The van der Waals surface area contributed by atoms with Gasteiger partial charge in [-0.3, -0.25) is 4.90 Å². The fourth-order valence-electron chi connectivity index (χ4n) is 3.49. The van der Waals surface area contributed by atoms with Gasteiger partial charge in [0.15, 0.2) is 11.6 Å². The highest BCUT2D eigenvalue weighted by Gasteiger charge is 2.20. The topological polar surface area (TPSA) is 41.7 Å². The molecule has 4 rings (SSSR count). The Kier molecular flexibility index (Phi) is 5.00. The Bertz CT molecular complexity index is 888. The second-order valence-electron chi connectivity index (χ2n) is 6.51. The van der Waals surface area contributed by atoms with Gasteiger partial charge in [-0.05, 0) is 42.3 Å². The Hall–Kier alpha value is -2.24. The molecule has 0 unspecified atom stereocenters. The molecule has 0 radical (unpaired) electrons. The smallest absolute Gasteiger partial charge is 0.171 e. The van der Waals surface area contributed by atoms with Crippen molar-refractivity contribution < 1.29 is 9.15 Å². The summed E-state index contributed by atoms with van der Waals surface area (Å²) >= 11 is 6.12. The van der Waals surface area contributed by atoms with Crippen LogP contribution in [0, 0.1) is 0 Å². The first-order valence-electron chi connectivity index (χ1n) is 8.86. The number of aromatic nitrogens is 1. The fourth-order valence-corrected chi connectivity index (χ4v) is 3.66. The lowest BCUT2D eigenvalue weighted by Gasteiger charge is -2.35. The molecule has 2 aromatic heterocycles. The average Bonchev–Trinajstić information content (AvgIpc) is 3.09. The van der Waals surface area contributed by atoms with Gasteiger partial charge in [-0.1, -0.05) is 11.6 Å². The minimum atomic E-state index is 0.748. The van der Waals surface area contributed by atoms with Gasteiger partial charge in [0, 0.05) is 49.3 Å². The molecule has 136 valence electrons. The van der Waals surface area contributed by atoms with Crippen molar-refractivity contribution in [1.82, 2.24) is 9.88 Å². The number of methoxy groups -OCH3 is 1. The Morgan fingerprint density at radius 2 is 2.04 bits per heavy atom. The molecule has 1 aliphatic heterocycles.